The van der Waals surface area contributed by atoms with E-state index in [1.807, 2.05) is 23.4 Å². The molecule has 1 aliphatic rings. The number of nitrogens with one attached hydrogen (secondary N) is 2. The van der Waals surface area contributed by atoms with Crippen molar-refractivity contribution >= 4 is 46.4 Å². The van der Waals surface area contributed by atoms with Crippen LogP contribution in [0.1, 0.15) is 5.82 Å². The standard InChI is InChI=1S/C14H20N4O3S.2ClH/c1-18(8-14(20)7-15-3-4-21-9-14)6-11-16-10-2-5-22-12(10)13(19)17-11;;/h2,5,15,20H,3-4,6-9H2,1H3,(H,16,17,19);2*1H. The Morgan fingerprint density at radius 3 is 3.08 bits per heavy atom. The molecule has 2 aromatic rings. The van der Waals surface area contributed by atoms with Gasteiger partial charge in [-0.3, -0.25) is 9.69 Å². The first-order valence-corrected chi connectivity index (χ1v) is 8.09. The summed E-state index contributed by atoms with van der Waals surface area (Å²) >= 11 is 1.39. The third-order valence-electron chi connectivity index (χ3n) is 3.60. The highest BCUT2D eigenvalue weighted by Gasteiger charge is 2.30. The van der Waals surface area contributed by atoms with E-state index < -0.39 is 5.60 Å². The maximum Gasteiger partial charge on any atom is 0.268 e. The van der Waals surface area contributed by atoms with E-state index in [2.05, 4.69) is 15.3 Å². The van der Waals surface area contributed by atoms with Crippen LogP contribution < -0.4 is 10.9 Å². The number of rotatable bonds is 4. The lowest BCUT2D eigenvalue weighted by Gasteiger charge is -2.30. The number of nitrogens with zero attached hydrogens (tertiary/aromatic N) is 2. The first kappa shape index (κ1) is 21.3. The number of H-pyrrole nitrogens is 1. The normalized spacial score (nSPS) is 21.1. The Kier molecular flexibility index (Phi) is 8.07. The number of ether oxygens (including phenoxy) is 1. The smallest absolute Gasteiger partial charge is 0.268 e. The first-order valence-electron chi connectivity index (χ1n) is 7.22. The Bertz CT molecular complexity index is 701. The Balaban J connectivity index is 0.00000144. The van der Waals surface area contributed by atoms with E-state index in [1.54, 1.807) is 0 Å². The van der Waals surface area contributed by atoms with E-state index >= 15 is 0 Å². The summed E-state index contributed by atoms with van der Waals surface area (Å²) in [6.45, 7) is 3.04. The zero-order valence-corrected chi connectivity index (χ0v) is 15.7. The van der Waals surface area contributed by atoms with Crippen LogP contribution in [0.3, 0.4) is 0 Å². The SMILES string of the molecule is CN(Cc1nc2ccsc2c(=O)[nH]1)CC1(O)CNCCOC1.Cl.Cl. The lowest BCUT2D eigenvalue weighted by Crippen LogP contribution is -2.50. The monoisotopic (exact) mass is 396 g/mol. The number of thiophene rings is 1. The zero-order chi connectivity index (χ0) is 15.6. The van der Waals surface area contributed by atoms with Gasteiger partial charge >= 0.3 is 0 Å². The lowest BCUT2D eigenvalue weighted by atomic mass is 10.1. The summed E-state index contributed by atoms with van der Waals surface area (Å²) in [5.41, 5.74) is -0.324. The molecule has 3 heterocycles. The molecule has 3 N–H and O–H groups in total. The second-order valence-electron chi connectivity index (χ2n) is 5.77. The number of likely N-dealkylation sites (N-methyl/N-ethyl adjacent to an activating group) is 1. The minimum absolute atomic E-state index is 0. The van der Waals surface area contributed by atoms with Gasteiger partial charge in [0.1, 0.15) is 16.1 Å². The molecule has 2 aromatic heterocycles. The predicted molar refractivity (Wildman–Crippen MR) is 99.7 cm³/mol. The Labute approximate surface area is 156 Å². The number of hydrogen-bond donors (Lipinski definition) is 3. The van der Waals surface area contributed by atoms with Crippen LogP contribution in [-0.4, -0.2) is 65.5 Å². The van der Waals surface area contributed by atoms with Crippen molar-refractivity contribution in [2.45, 2.75) is 12.1 Å². The van der Waals surface area contributed by atoms with Crippen molar-refractivity contribution in [2.75, 3.05) is 39.9 Å². The quantitative estimate of drug-likeness (QED) is 0.701. The molecule has 1 fully saturated rings. The van der Waals surface area contributed by atoms with Crippen LogP contribution in [0.4, 0.5) is 0 Å². The van der Waals surface area contributed by atoms with Gasteiger partial charge < -0.3 is 20.1 Å². The van der Waals surface area contributed by atoms with Crippen molar-refractivity contribution in [1.29, 1.82) is 0 Å². The van der Waals surface area contributed by atoms with Crippen LogP contribution in [0.2, 0.25) is 0 Å². The highest BCUT2D eigenvalue weighted by molar-refractivity contribution is 7.17. The molecule has 24 heavy (non-hydrogen) atoms. The molecular weight excluding hydrogens is 375 g/mol. The Hall–Kier alpha value is -0.740. The molecule has 0 saturated carbocycles. The van der Waals surface area contributed by atoms with E-state index in [4.69, 9.17) is 4.74 Å². The van der Waals surface area contributed by atoms with Crippen LogP contribution >= 0.6 is 36.2 Å². The van der Waals surface area contributed by atoms with Gasteiger partial charge in [-0.05, 0) is 18.5 Å². The molecule has 0 spiro atoms. The molecule has 0 aromatic carbocycles. The summed E-state index contributed by atoms with van der Waals surface area (Å²) in [5, 5.41) is 15.6. The molecular formula is C14H22Cl2N4O3S. The highest BCUT2D eigenvalue weighted by Crippen LogP contribution is 2.15. The molecule has 0 amide bonds. The molecule has 1 aliphatic heterocycles. The van der Waals surface area contributed by atoms with Crippen molar-refractivity contribution in [2.24, 2.45) is 0 Å². The summed E-state index contributed by atoms with van der Waals surface area (Å²) in [6, 6.07) is 1.84. The molecule has 1 saturated heterocycles. The number of halogens is 2. The number of β-amino-alcohol motifs (C(OH)–C–C–N with tert-alkyl or cyclic N) is 1. The molecule has 10 heteroatoms. The molecule has 3 rings (SSSR count). The van der Waals surface area contributed by atoms with Crippen LogP contribution in [0.15, 0.2) is 16.2 Å². The van der Waals surface area contributed by atoms with Gasteiger partial charge in [0.25, 0.3) is 5.56 Å². The maximum absolute atomic E-state index is 12.0. The van der Waals surface area contributed by atoms with E-state index in [0.29, 0.717) is 43.4 Å². The number of fused-ring (bicyclic) bond motifs is 1. The molecule has 136 valence electrons. The van der Waals surface area contributed by atoms with Crippen LogP contribution in [0, 0.1) is 0 Å². The van der Waals surface area contributed by atoms with Crippen LogP contribution in [-0.2, 0) is 11.3 Å². The highest BCUT2D eigenvalue weighted by atomic mass is 35.5. The number of hydrogen-bond acceptors (Lipinski definition) is 7. The Morgan fingerprint density at radius 1 is 1.50 bits per heavy atom. The fourth-order valence-corrected chi connectivity index (χ4v) is 3.42. The summed E-state index contributed by atoms with van der Waals surface area (Å²) in [5.74, 6) is 0.601. The lowest BCUT2D eigenvalue weighted by molar-refractivity contribution is -0.0464. The second kappa shape index (κ2) is 9.10. The van der Waals surface area contributed by atoms with Gasteiger partial charge in [0.05, 0.1) is 25.3 Å². The van der Waals surface area contributed by atoms with Crippen molar-refractivity contribution in [1.82, 2.24) is 20.2 Å². The summed E-state index contributed by atoms with van der Waals surface area (Å²) < 4.78 is 6.06. The molecule has 1 atom stereocenters. The van der Waals surface area contributed by atoms with Gasteiger partial charge in [-0.2, -0.15) is 0 Å². The average Bonchev–Trinajstić information content (AvgIpc) is 2.81. The van der Waals surface area contributed by atoms with E-state index in [1.165, 1.54) is 11.3 Å². The van der Waals surface area contributed by atoms with Crippen LogP contribution in [0.5, 0.6) is 0 Å². The molecule has 0 aliphatic carbocycles. The topological polar surface area (TPSA) is 90.5 Å². The van der Waals surface area contributed by atoms with Gasteiger partial charge in [0.15, 0.2) is 0 Å². The van der Waals surface area contributed by atoms with Gasteiger partial charge in [-0.15, -0.1) is 36.2 Å². The summed E-state index contributed by atoms with van der Waals surface area (Å²) in [6.07, 6.45) is 0. The third-order valence-corrected chi connectivity index (χ3v) is 4.50. The first-order chi connectivity index (χ1) is 10.6. The van der Waals surface area contributed by atoms with Gasteiger partial charge in [0.2, 0.25) is 0 Å². The Morgan fingerprint density at radius 2 is 2.29 bits per heavy atom. The van der Waals surface area contributed by atoms with Gasteiger partial charge in [0, 0.05) is 19.6 Å². The minimum Gasteiger partial charge on any atom is -0.385 e. The average molecular weight is 397 g/mol. The zero-order valence-electron chi connectivity index (χ0n) is 13.3. The maximum atomic E-state index is 12.0. The summed E-state index contributed by atoms with van der Waals surface area (Å²) in [4.78, 5) is 21.2. The third kappa shape index (κ3) is 5.13. The van der Waals surface area contributed by atoms with Crippen molar-refractivity contribution in [3.05, 3.63) is 27.6 Å². The van der Waals surface area contributed by atoms with E-state index in [0.717, 1.165) is 12.1 Å². The largest absolute Gasteiger partial charge is 0.385 e. The van der Waals surface area contributed by atoms with Gasteiger partial charge in [-0.1, -0.05) is 0 Å². The molecule has 7 nitrogen and oxygen atoms in total. The molecule has 1 unspecified atom stereocenters. The van der Waals surface area contributed by atoms with E-state index in [9.17, 15) is 9.90 Å². The fraction of sp³-hybridized carbons (Fsp3) is 0.571. The molecule has 0 bridgehead atoms. The predicted octanol–water partition coefficient (Wildman–Crippen LogP) is 0.611. The van der Waals surface area contributed by atoms with E-state index in [-0.39, 0.29) is 30.4 Å². The second-order valence-corrected chi connectivity index (χ2v) is 6.69. The fourth-order valence-electron chi connectivity index (χ4n) is 2.69. The minimum atomic E-state index is -0.933. The molecule has 0 radical (unpaired) electrons. The van der Waals surface area contributed by atoms with Crippen molar-refractivity contribution in [3.63, 3.8) is 0 Å². The summed E-state index contributed by atoms with van der Waals surface area (Å²) in [7, 11) is 1.89. The van der Waals surface area contributed by atoms with Gasteiger partial charge in [-0.25, -0.2) is 4.98 Å². The number of aromatic nitrogens is 2. The number of aliphatic hydroxyl groups is 1. The number of aromatic amines is 1. The van der Waals surface area contributed by atoms with Crippen LogP contribution in [0.25, 0.3) is 10.2 Å². The van der Waals surface area contributed by atoms with Crippen molar-refractivity contribution in [3.8, 4) is 0 Å². The van der Waals surface area contributed by atoms with Crippen molar-refractivity contribution < 1.29 is 9.84 Å².